The molecular formula is C12H13N3O2S. The second-order valence-electron chi connectivity index (χ2n) is 3.55. The summed E-state index contributed by atoms with van der Waals surface area (Å²) in [6, 6.07) is 5.43. The van der Waals surface area contributed by atoms with Crippen LogP contribution in [-0.4, -0.2) is 28.3 Å². The molecule has 94 valence electrons. The van der Waals surface area contributed by atoms with Crippen molar-refractivity contribution in [2.24, 2.45) is 0 Å². The van der Waals surface area contributed by atoms with Gasteiger partial charge >= 0.3 is 5.97 Å². The monoisotopic (exact) mass is 263 g/mol. The van der Waals surface area contributed by atoms with E-state index in [0.29, 0.717) is 12.3 Å². The molecule has 0 atom stereocenters. The molecule has 0 unspecified atom stereocenters. The second kappa shape index (κ2) is 5.68. The smallest absolute Gasteiger partial charge is 0.316 e. The average Bonchev–Trinajstić information content (AvgIpc) is 2.36. The van der Waals surface area contributed by atoms with Crippen molar-refractivity contribution in [3.05, 3.63) is 24.5 Å². The largest absolute Gasteiger partial charge is 0.465 e. The molecule has 0 bridgehead atoms. The minimum atomic E-state index is -0.252. The van der Waals surface area contributed by atoms with Gasteiger partial charge < -0.3 is 10.5 Å². The molecule has 0 amide bonds. The molecule has 2 aromatic rings. The number of anilines is 1. The number of fused-ring (bicyclic) bond motifs is 1. The molecule has 0 spiro atoms. The fourth-order valence-corrected chi connectivity index (χ4v) is 2.27. The van der Waals surface area contributed by atoms with Crippen LogP contribution in [0.4, 0.5) is 5.69 Å². The molecule has 0 radical (unpaired) electrons. The van der Waals surface area contributed by atoms with E-state index < -0.39 is 0 Å². The Labute approximate surface area is 109 Å². The number of aromatic nitrogens is 2. The third-order valence-corrected chi connectivity index (χ3v) is 3.23. The first kappa shape index (κ1) is 12.6. The first-order valence-corrected chi connectivity index (χ1v) is 6.48. The fourth-order valence-electron chi connectivity index (χ4n) is 1.50. The minimum Gasteiger partial charge on any atom is -0.465 e. The average molecular weight is 263 g/mol. The Hall–Kier alpha value is -1.82. The third kappa shape index (κ3) is 2.89. The molecule has 0 aliphatic heterocycles. The number of rotatable bonds is 4. The van der Waals surface area contributed by atoms with Gasteiger partial charge in [0.15, 0.2) is 0 Å². The molecule has 2 N–H and O–H groups in total. The van der Waals surface area contributed by atoms with Crippen LogP contribution in [0.5, 0.6) is 0 Å². The molecule has 0 aliphatic rings. The van der Waals surface area contributed by atoms with Crippen molar-refractivity contribution >= 4 is 34.3 Å². The highest BCUT2D eigenvalue weighted by molar-refractivity contribution is 8.00. The molecule has 2 rings (SSSR count). The van der Waals surface area contributed by atoms with Crippen molar-refractivity contribution in [1.82, 2.24) is 9.97 Å². The highest BCUT2D eigenvalue weighted by atomic mass is 32.2. The third-order valence-electron chi connectivity index (χ3n) is 2.25. The Morgan fingerprint density at radius 3 is 3.06 bits per heavy atom. The number of carbonyl (C=O) groups is 1. The lowest BCUT2D eigenvalue weighted by Gasteiger charge is -2.05. The number of nitrogens with zero attached hydrogens (tertiary/aromatic N) is 2. The summed E-state index contributed by atoms with van der Waals surface area (Å²) in [6.45, 7) is 2.17. The number of nitrogen functional groups attached to an aromatic ring is 1. The van der Waals surface area contributed by atoms with Gasteiger partial charge in [-0.15, -0.1) is 0 Å². The van der Waals surface area contributed by atoms with Gasteiger partial charge in [-0.3, -0.25) is 4.79 Å². The maximum atomic E-state index is 11.3. The summed E-state index contributed by atoms with van der Waals surface area (Å²) in [5.74, 6) is -0.0208. The van der Waals surface area contributed by atoms with Crippen molar-refractivity contribution in [3.63, 3.8) is 0 Å². The number of esters is 1. The van der Waals surface area contributed by atoms with Gasteiger partial charge in [0, 0.05) is 11.1 Å². The van der Waals surface area contributed by atoms with Crippen molar-refractivity contribution < 1.29 is 9.53 Å². The predicted molar refractivity (Wildman–Crippen MR) is 71.3 cm³/mol. The van der Waals surface area contributed by atoms with Gasteiger partial charge in [-0.05, 0) is 25.1 Å². The highest BCUT2D eigenvalue weighted by Gasteiger charge is 2.08. The summed E-state index contributed by atoms with van der Waals surface area (Å²) in [7, 11) is 0. The van der Waals surface area contributed by atoms with E-state index >= 15 is 0 Å². The first-order chi connectivity index (χ1) is 8.70. The summed E-state index contributed by atoms with van der Waals surface area (Å²) >= 11 is 1.33. The number of hydrogen-bond donors (Lipinski definition) is 1. The van der Waals surface area contributed by atoms with Gasteiger partial charge in [0.05, 0.1) is 17.9 Å². The summed E-state index contributed by atoms with van der Waals surface area (Å²) in [5.41, 5.74) is 7.20. The number of nitrogens with two attached hydrogens (primary N) is 1. The normalized spacial score (nSPS) is 10.5. The van der Waals surface area contributed by atoms with Gasteiger partial charge in [0.2, 0.25) is 0 Å². The van der Waals surface area contributed by atoms with E-state index in [1.54, 1.807) is 13.0 Å². The van der Waals surface area contributed by atoms with E-state index in [1.165, 1.54) is 18.1 Å². The molecule has 1 aromatic heterocycles. The zero-order valence-corrected chi connectivity index (χ0v) is 10.7. The number of benzene rings is 1. The Morgan fingerprint density at radius 2 is 2.28 bits per heavy atom. The quantitative estimate of drug-likeness (QED) is 0.392. The maximum absolute atomic E-state index is 11.3. The lowest BCUT2D eigenvalue weighted by atomic mass is 10.2. The summed E-state index contributed by atoms with van der Waals surface area (Å²) in [5, 5.41) is 1.59. The van der Waals surface area contributed by atoms with Crippen LogP contribution >= 0.6 is 11.8 Å². The Morgan fingerprint density at radius 1 is 1.44 bits per heavy atom. The SMILES string of the molecule is CCOC(=O)CSc1ncnc2ccc(N)cc12. The zero-order valence-electron chi connectivity index (χ0n) is 9.92. The van der Waals surface area contributed by atoms with Crippen molar-refractivity contribution in [1.29, 1.82) is 0 Å². The van der Waals surface area contributed by atoms with Crippen LogP contribution in [0.25, 0.3) is 10.9 Å². The van der Waals surface area contributed by atoms with E-state index in [4.69, 9.17) is 10.5 Å². The predicted octanol–water partition coefficient (Wildman–Crippen LogP) is 1.87. The molecule has 0 saturated heterocycles. The molecule has 0 fully saturated rings. The molecule has 6 heteroatoms. The summed E-state index contributed by atoms with van der Waals surface area (Å²) in [4.78, 5) is 19.6. The van der Waals surface area contributed by atoms with E-state index in [1.807, 2.05) is 12.1 Å². The second-order valence-corrected chi connectivity index (χ2v) is 4.51. The van der Waals surface area contributed by atoms with Gasteiger partial charge in [0.25, 0.3) is 0 Å². The van der Waals surface area contributed by atoms with Gasteiger partial charge in [0.1, 0.15) is 11.4 Å². The van der Waals surface area contributed by atoms with E-state index in [0.717, 1.165) is 15.9 Å². The van der Waals surface area contributed by atoms with Crippen LogP contribution in [-0.2, 0) is 9.53 Å². The topological polar surface area (TPSA) is 78.1 Å². The fraction of sp³-hybridized carbons (Fsp3) is 0.250. The van der Waals surface area contributed by atoms with E-state index in [-0.39, 0.29) is 11.7 Å². The van der Waals surface area contributed by atoms with Crippen molar-refractivity contribution in [2.45, 2.75) is 11.9 Å². The Bertz CT molecular complexity index is 574. The molecule has 0 aliphatic carbocycles. The minimum absolute atomic E-state index is 0.231. The molecule has 5 nitrogen and oxygen atoms in total. The van der Waals surface area contributed by atoms with Crippen LogP contribution in [0.1, 0.15) is 6.92 Å². The van der Waals surface area contributed by atoms with Crippen LogP contribution in [0.3, 0.4) is 0 Å². The van der Waals surface area contributed by atoms with Gasteiger partial charge in [-0.2, -0.15) is 0 Å². The molecule has 18 heavy (non-hydrogen) atoms. The van der Waals surface area contributed by atoms with Crippen LogP contribution in [0.15, 0.2) is 29.6 Å². The van der Waals surface area contributed by atoms with Crippen LogP contribution in [0.2, 0.25) is 0 Å². The van der Waals surface area contributed by atoms with Crippen LogP contribution in [0, 0.1) is 0 Å². The number of hydrogen-bond acceptors (Lipinski definition) is 6. The van der Waals surface area contributed by atoms with Crippen molar-refractivity contribution in [3.8, 4) is 0 Å². The Balaban J connectivity index is 2.22. The van der Waals surface area contributed by atoms with E-state index in [2.05, 4.69) is 9.97 Å². The number of ether oxygens (including phenoxy) is 1. The first-order valence-electron chi connectivity index (χ1n) is 5.49. The van der Waals surface area contributed by atoms with Gasteiger partial charge in [-0.1, -0.05) is 11.8 Å². The summed E-state index contributed by atoms with van der Waals surface area (Å²) in [6.07, 6.45) is 1.48. The lowest BCUT2D eigenvalue weighted by molar-refractivity contribution is -0.139. The number of thioether (sulfide) groups is 1. The maximum Gasteiger partial charge on any atom is 0.316 e. The summed E-state index contributed by atoms with van der Waals surface area (Å²) < 4.78 is 4.87. The highest BCUT2D eigenvalue weighted by Crippen LogP contribution is 2.25. The zero-order chi connectivity index (χ0) is 13.0. The van der Waals surface area contributed by atoms with Gasteiger partial charge in [-0.25, -0.2) is 9.97 Å². The Kier molecular flexibility index (Phi) is 3.99. The van der Waals surface area contributed by atoms with E-state index in [9.17, 15) is 4.79 Å². The van der Waals surface area contributed by atoms with Crippen molar-refractivity contribution in [2.75, 3.05) is 18.1 Å². The number of carbonyl (C=O) groups excluding carboxylic acids is 1. The molecule has 1 heterocycles. The molecule has 0 saturated carbocycles. The lowest BCUT2D eigenvalue weighted by Crippen LogP contribution is -2.06. The molecule has 1 aromatic carbocycles. The molecular weight excluding hydrogens is 250 g/mol. The standard InChI is InChI=1S/C12H13N3O2S/c1-2-17-11(16)6-18-12-9-5-8(13)3-4-10(9)14-7-15-12/h3-5,7H,2,6,13H2,1H3. The van der Waals surface area contributed by atoms with Crippen LogP contribution < -0.4 is 5.73 Å².